The van der Waals surface area contributed by atoms with E-state index in [1.54, 1.807) is 0 Å². The van der Waals surface area contributed by atoms with E-state index in [-0.39, 0.29) is 0 Å². The van der Waals surface area contributed by atoms with Gasteiger partial charge in [-0.3, -0.25) is 0 Å². The average molecular weight is 158 g/mol. The van der Waals surface area contributed by atoms with Crippen LogP contribution < -0.4 is 0 Å². The molecule has 70 valence electrons. The van der Waals surface area contributed by atoms with E-state index in [4.69, 9.17) is 0 Å². The highest BCUT2D eigenvalue weighted by atomic mass is 13.5. The highest BCUT2D eigenvalue weighted by molar-refractivity contribution is 4.60. The molecule has 0 saturated heterocycles. The van der Waals surface area contributed by atoms with Crippen molar-refractivity contribution in [3.8, 4) is 0 Å². The lowest BCUT2D eigenvalue weighted by molar-refractivity contribution is 1.09. The third-order valence-corrected chi connectivity index (χ3v) is 0.289. The summed E-state index contributed by atoms with van der Waals surface area (Å²) in [5.41, 5.74) is 0. The number of hydrogen-bond donors (Lipinski definition) is 0. The molecule has 0 aromatic carbocycles. The highest BCUT2D eigenvalue weighted by Gasteiger charge is 1.45. The molecular weight excluding hydrogens is 132 g/mol. The summed E-state index contributed by atoms with van der Waals surface area (Å²) in [6.45, 7) is 19.8. The second-order valence-corrected chi connectivity index (χ2v) is 1.40. The van der Waals surface area contributed by atoms with Gasteiger partial charge in [0.1, 0.15) is 0 Å². The van der Waals surface area contributed by atoms with Gasteiger partial charge in [0, 0.05) is 0 Å². The second-order valence-electron chi connectivity index (χ2n) is 1.40. The summed E-state index contributed by atoms with van der Waals surface area (Å²) in [5.74, 6) is 0. The molecular formula is C11H26. The first-order chi connectivity index (χ1) is 5.33. The smallest absolute Gasteiger partial charge is 0.0382 e. The molecule has 0 unspecified atom stereocenters. The molecule has 0 spiro atoms. The molecule has 0 aromatic heterocycles. The van der Waals surface area contributed by atoms with Gasteiger partial charge in [-0.2, -0.15) is 0 Å². The van der Waals surface area contributed by atoms with Crippen LogP contribution in [0.5, 0.6) is 0 Å². The standard InChI is InChI=1S/C4H8.C3H8.C2H6.C2H4/c1-3-4-2;1-3-2;2*1-2/h3H,1,4H2,2H3;3H2,1-2H3;1-2H3;1-2H2. The molecule has 0 heterocycles. The van der Waals surface area contributed by atoms with Gasteiger partial charge in [-0.15, -0.1) is 19.7 Å². The molecule has 0 aromatic rings. The first-order valence-electron chi connectivity index (χ1n) is 4.44. The lowest BCUT2D eigenvalue weighted by Gasteiger charge is -1.57. The van der Waals surface area contributed by atoms with Crippen LogP contribution in [0.25, 0.3) is 0 Å². The van der Waals surface area contributed by atoms with Crippen LogP contribution >= 0.6 is 0 Å². The summed E-state index contributed by atoms with van der Waals surface area (Å²) >= 11 is 0. The van der Waals surface area contributed by atoms with Crippen molar-refractivity contribution in [3.63, 3.8) is 0 Å². The van der Waals surface area contributed by atoms with E-state index >= 15 is 0 Å². The summed E-state index contributed by atoms with van der Waals surface area (Å²) in [7, 11) is 0. The predicted octanol–water partition coefficient (Wildman–Crippen LogP) is 4.83. The van der Waals surface area contributed by atoms with Crippen molar-refractivity contribution in [2.45, 2.75) is 47.5 Å². The molecule has 0 bridgehead atoms. The maximum Gasteiger partial charge on any atom is -0.0382 e. The third-order valence-electron chi connectivity index (χ3n) is 0.289. The van der Waals surface area contributed by atoms with Crippen LogP contribution in [0.1, 0.15) is 47.5 Å². The van der Waals surface area contributed by atoms with E-state index in [0.717, 1.165) is 6.42 Å². The van der Waals surface area contributed by atoms with Crippen molar-refractivity contribution in [1.82, 2.24) is 0 Å². The summed E-state index contributed by atoms with van der Waals surface area (Å²) < 4.78 is 0. The Morgan fingerprint density at radius 3 is 1.09 bits per heavy atom. The highest BCUT2D eigenvalue weighted by Crippen LogP contribution is 1.66. The van der Waals surface area contributed by atoms with Crippen LogP contribution in [0.15, 0.2) is 25.8 Å². The molecule has 0 aliphatic heterocycles. The normalized spacial score (nSPS) is 4.82. The van der Waals surface area contributed by atoms with E-state index in [0.29, 0.717) is 0 Å². The summed E-state index contributed by atoms with van der Waals surface area (Å²) in [5, 5.41) is 0. The Hall–Kier alpha value is -0.520. The Morgan fingerprint density at radius 1 is 1.00 bits per heavy atom. The van der Waals surface area contributed by atoms with Crippen molar-refractivity contribution in [1.29, 1.82) is 0 Å². The lowest BCUT2D eigenvalue weighted by atomic mass is 10.5. The van der Waals surface area contributed by atoms with E-state index in [9.17, 15) is 0 Å². The molecule has 0 atom stereocenters. The molecule has 0 rings (SSSR count). The molecule has 0 saturated carbocycles. The van der Waals surface area contributed by atoms with Gasteiger partial charge in [0.05, 0.1) is 0 Å². The van der Waals surface area contributed by atoms with Crippen LogP contribution in [-0.2, 0) is 0 Å². The fraction of sp³-hybridized carbons (Fsp3) is 0.636. The minimum Gasteiger partial charge on any atom is -0.106 e. The van der Waals surface area contributed by atoms with Crippen LogP contribution in [0.2, 0.25) is 0 Å². The maximum absolute atomic E-state index is 3.48. The van der Waals surface area contributed by atoms with Crippen molar-refractivity contribution >= 4 is 0 Å². The molecule has 0 amide bonds. The van der Waals surface area contributed by atoms with Crippen molar-refractivity contribution in [2.75, 3.05) is 0 Å². The Bertz CT molecular complexity index is 29.0. The zero-order valence-corrected chi connectivity index (χ0v) is 9.11. The Balaban J connectivity index is -0.0000000315. The second kappa shape index (κ2) is 111. The van der Waals surface area contributed by atoms with Gasteiger partial charge in [-0.05, 0) is 6.42 Å². The summed E-state index contributed by atoms with van der Waals surface area (Å²) in [6.07, 6.45) is 4.21. The van der Waals surface area contributed by atoms with Crippen molar-refractivity contribution < 1.29 is 0 Å². The van der Waals surface area contributed by atoms with E-state index < -0.39 is 0 Å². The molecule has 0 aliphatic carbocycles. The zero-order chi connectivity index (χ0) is 10.1. The van der Waals surface area contributed by atoms with Gasteiger partial charge in [0.15, 0.2) is 0 Å². The quantitative estimate of drug-likeness (QED) is 0.480. The monoisotopic (exact) mass is 158 g/mol. The third kappa shape index (κ3) is 2300. The van der Waals surface area contributed by atoms with E-state index in [1.165, 1.54) is 6.42 Å². The minimum absolute atomic E-state index is 1.08. The Labute approximate surface area is 74.0 Å². The fourth-order valence-electron chi connectivity index (χ4n) is 0. The van der Waals surface area contributed by atoms with Gasteiger partial charge in [0.2, 0.25) is 0 Å². The maximum atomic E-state index is 3.48. The number of hydrogen-bond acceptors (Lipinski definition) is 0. The predicted molar refractivity (Wildman–Crippen MR) is 59.1 cm³/mol. The van der Waals surface area contributed by atoms with Crippen molar-refractivity contribution in [2.24, 2.45) is 0 Å². The van der Waals surface area contributed by atoms with Crippen molar-refractivity contribution in [3.05, 3.63) is 25.8 Å². The molecule has 0 radical (unpaired) electrons. The SMILES string of the molecule is C=C.C=CCC.CC.CCC. The van der Waals surface area contributed by atoms with Crippen LogP contribution in [0, 0.1) is 0 Å². The minimum atomic E-state index is 1.08. The Morgan fingerprint density at radius 2 is 1.09 bits per heavy atom. The van der Waals surface area contributed by atoms with Gasteiger partial charge in [-0.1, -0.05) is 47.1 Å². The van der Waals surface area contributed by atoms with E-state index in [2.05, 4.69) is 40.5 Å². The van der Waals surface area contributed by atoms with Gasteiger partial charge >= 0.3 is 0 Å². The van der Waals surface area contributed by atoms with Crippen LogP contribution in [0.4, 0.5) is 0 Å². The topological polar surface area (TPSA) is 0 Å². The molecule has 0 heteroatoms. The van der Waals surface area contributed by atoms with Gasteiger partial charge < -0.3 is 0 Å². The number of rotatable bonds is 1. The van der Waals surface area contributed by atoms with Crippen LogP contribution in [0.3, 0.4) is 0 Å². The Kier molecular flexibility index (Phi) is 226. The van der Waals surface area contributed by atoms with Gasteiger partial charge in [-0.25, -0.2) is 0 Å². The summed E-state index contributed by atoms with van der Waals surface area (Å²) in [4.78, 5) is 0. The average Bonchev–Trinajstić information content (AvgIpc) is 2.12. The lowest BCUT2D eigenvalue weighted by Crippen LogP contribution is -1.36. The molecule has 0 nitrogen and oxygen atoms in total. The van der Waals surface area contributed by atoms with E-state index in [1.807, 2.05) is 19.9 Å². The van der Waals surface area contributed by atoms with Crippen LogP contribution in [-0.4, -0.2) is 0 Å². The van der Waals surface area contributed by atoms with Gasteiger partial charge in [0.25, 0.3) is 0 Å². The largest absolute Gasteiger partial charge is 0.106 e. The molecule has 11 heavy (non-hydrogen) atoms. The number of allylic oxidation sites excluding steroid dienone is 1. The first kappa shape index (κ1) is 22.4. The zero-order valence-electron chi connectivity index (χ0n) is 9.11. The first-order valence-corrected chi connectivity index (χ1v) is 4.44. The molecule has 0 fully saturated rings. The summed E-state index contributed by atoms with van der Waals surface area (Å²) in [6, 6.07) is 0. The fourth-order valence-corrected chi connectivity index (χ4v) is 0. The molecule has 0 N–H and O–H groups in total. The molecule has 0 aliphatic rings.